The minimum absolute atomic E-state index is 0.0826. The topological polar surface area (TPSA) is 97.8 Å². The van der Waals surface area contributed by atoms with Gasteiger partial charge < -0.3 is 4.74 Å². The Morgan fingerprint density at radius 1 is 1.19 bits per heavy atom. The Hall–Kier alpha value is -0.670. The van der Waals surface area contributed by atoms with Gasteiger partial charge in [-0.3, -0.25) is 4.79 Å². The Bertz CT molecular complexity index is 598. The zero-order valence-electron chi connectivity index (χ0n) is 12.2. The summed E-state index contributed by atoms with van der Waals surface area (Å²) in [7, 11) is -5.36. The highest BCUT2D eigenvalue weighted by Crippen LogP contribution is 2.30. The van der Waals surface area contributed by atoms with Crippen LogP contribution in [0.4, 0.5) is 0 Å². The number of hydrogen-bond acceptors (Lipinski definition) is 6. The smallest absolute Gasteiger partial charge is 0.310 e. The van der Waals surface area contributed by atoms with Crippen LogP contribution in [0.1, 0.15) is 19.8 Å². The van der Waals surface area contributed by atoms with Crippen LogP contribution < -0.4 is 0 Å². The second-order valence-electron chi connectivity index (χ2n) is 5.82. The second kappa shape index (κ2) is 5.85. The molecule has 0 saturated carbocycles. The first-order valence-electron chi connectivity index (χ1n) is 6.94. The summed E-state index contributed by atoms with van der Waals surface area (Å²) in [5.41, 5.74) is 0. The van der Waals surface area contributed by atoms with Gasteiger partial charge in [0, 0.05) is 13.1 Å². The third-order valence-corrected chi connectivity index (χ3v) is 8.41. The molecule has 2 unspecified atom stereocenters. The molecule has 0 spiro atoms. The SMILES string of the molecule is COC(=O)C1CN(S(=O)(=O)C2CCS(=O)(=O)CC2)CC1C. The Kier molecular flexibility index (Phi) is 4.65. The van der Waals surface area contributed by atoms with Crippen LogP contribution in [0.25, 0.3) is 0 Å². The van der Waals surface area contributed by atoms with Gasteiger partial charge >= 0.3 is 5.97 Å². The number of hydrogen-bond donors (Lipinski definition) is 0. The molecular formula is C12H21NO6S2. The Balaban J connectivity index is 2.09. The average Bonchev–Trinajstić information content (AvgIpc) is 2.80. The molecule has 2 heterocycles. The lowest BCUT2D eigenvalue weighted by molar-refractivity contribution is -0.145. The van der Waals surface area contributed by atoms with Crippen molar-refractivity contribution in [1.29, 1.82) is 0 Å². The highest BCUT2D eigenvalue weighted by molar-refractivity contribution is 7.92. The number of carbonyl (C=O) groups is 1. The molecule has 122 valence electrons. The molecule has 9 heteroatoms. The van der Waals surface area contributed by atoms with Gasteiger partial charge in [-0.2, -0.15) is 0 Å². The van der Waals surface area contributed by atoms with Crippen LogP contribution in [0.5, 0.6) is 0 Å². The molecule has 0 N–H and O–H groups in total. The van der Waals surface area contributed by atoms with Crippen LogP contribution in [0.3, 0.4) is 0 Å². The zero-order valence-corrected chi connectivity index (χ0v) is 13.8. The number of methoxy groups -OCH3 is 1. The van der Waals surface area contributed by atoms with Gasteiger partial charge in [0.15, 0.2) is 0 Å². The molecule has 0 aliphatic carbocycles. The Morgan fingerprint density at radius 2 is 1.76 bits per heavy atom. The first-order valence-corrected chi connectivity index (χ1v) is 10.3. The predicted octanol–water partition coefficient (Wildman–Crippen LogP) is -0.366. The van der Waals surface area contributed by atoms with E-state index in [9.17, 15) is 21.6 Å². The first kappa shape index (κ1) is 16.7. The molecule has 2 rings (SSSR count). The van der Waals surface area contributed by atoms with Crippen molar-refractivity contribution in [2.24, 2.45) is 11.8 Å². The standard InChI is InChI=1S/C12H21NO6S2/c1-9-7-13(8-11(9)12(14)19-2)21(17,18)10-3-5-20(15,16)6-4-10/h9-11H,3-8H2,1-2H3. The van der Waals surface area contributed by atoms with E-state index in [2.05, 4.69) is 0 Å². The first-order chi connectivity index (χ1) is 9.67. The molecule has 2 saturated heterocycles. The van der Waals surface area contributed by atoms with Crippen molar-refractivity contribution in [2.45, 2.75) is 25.0 Å². The summed E-state index contributed by atoms with van der Waals surface area (Å²) < 4.78 is 54.0. The molecule has 2 fully saturated rings. The van der Waals surface area contributed by atoms with Crippen molar-refractivity contribution in [1.82, 2.24) is 4.31 Å². The summed E-state index contributed by atoms with van der Waals surface area (Å²) in [5, 5.41) is -0.662. The fraction of sp³-hybridized carbons (Fsp3) is 0.917. The van der Waals surface area contributed by atoms with Crippen LogP contribution in [0, 0.1) is 11.8 Å². The van der Waals surface area contributed by atoms with E-state index < -0.39 is 37.0 Å². The minimum Gasteiger partial charge on any atom is -0.469 e. The lowest BCUT2D eigenvalue weighted by Crippen LogP contribution is -2.42. The van der Waals surface area contributed by atoms with Crippen LogP contribution >= 0.6 is 0 Å². The summed E-state index contributed by atoms with van der Waals surface area (Å²) in [6.45, 7) is 2.23. The maximum atomic E-state index is 12.6. The van der Waals surface area contributed by atoms with Gasteiger partial charge in [0.1, 0.15) is 9.84 Å². The highest BCUT2D eigenvalue weighted by atomic mass is 32.2. The number of nitrogens with zero attached hydrogens (tertiary/aromatic N) is 1. The number of rotatable bonds is 3. The number of esters is 1. The molecule has 0 aromatic rings. The summed E-state index contributed by atoms with van der Waals surface area (Å²) in [6, 6.07) is 0. The van der Waals surface area contributed by atoms with E-state index in [1.165, 1.54) is 11.4 Å². The van der Waals surface area contributed by atoms with Crippen molar-refractivity contribution in [3.05, 3.63) is 0 Å². The third-order valence-electron chi connectivity index (χ3n) is 4.37. The van der Waals surface area contributed by atoms with E-state index in [4.69, 9.17) is 4.74 Å². The molecule has 2 atom stereocenters. The molecule has 0 bridgehead atoms. The van der Waals surface area contributed by atoms with Gasteiger partial charge in [-0.25, -0.2) is 21.1 Å². The van der Waals surface area contributed by atoms with Crippen molar-refractivity contribution in [3.63, 3.8) is 0 Å². The fourth-order valence-electron chi connectivity index (χ4n) is 2.97. The maximum Gasteiger partial charge on any atom is 0.310 e. The lowest BCUT2D eigenvalue weighted by Gasteiger charge is -2.27. The van der Waals surface area contributed by atoms with Gasteiger partial charge in [-0.1, -0.05) is 6.92 Å². The average molecular weight is 339 g/mol. The van der Waals surface area contributed by atoms with Crippen molar-refractivity contribution < 1.29 is 26.4 Å². The third kappa shape index (κ3) is 3.40. The summed E-state index contributed by atoms with van der Waals surface area (Å²) in [5.74, 6) is -1.11. The largest absolute Gasteiger partial charge is 0.469 e. The molecular weight excluding hydrogens is 318 g/mol. The summed E-state index contributed by atoms with van der Waals surface area (Å²) in [4.78, 5) is 11.6. The summed E-state index contributed by atoms with van der Waals surface area (Å²) >= 11 is 0. The zero-order chi connectivity index (χ0) is 15.8. The number of ether oxygens (including phenoxy) is 1. The minimum atomic E-state index is -3.56. The fourth-order valence-corrected chi connectivity index (χ4v) is 6.82. The van der Waals surface area contributed by atoms with E-state index in [0.717, 1.165) is 0 Å². The van der Waals surface area contributed by atoms with Crippen molar-refractivity contribution in [3.8, 4) is 0 Å². The highest BCUT2D eigenvalue weighted by Gasteiger charge is 2.44. The molecule has 0 amide bonds. The molecule has 21 heavy (non-hydrogen) atoms. The van der Waals surface area contributed by atoms with Crippen LogP contribution in [0.15, 0.2) is 0 Å². The second-order valence-corrected chi connectivity index (χ2v) is 10.3. The van der Waals surface area contributed by atoms with Crippen LogP contribution in [-0.2, 0) is 29.4 Å². The predicted molar refractivity (Wildman–Crippen MR) is 76.8 cm³/mol. The van der Waals surface area contributed by atoms with E-state index in [0.29, 0.717) is 0 Å². The molecule has 2 aliphatic rings. The number of sulfone groups is 1. The van der Waals surface area contributed by atoms with Gasteiger partial charge in [0.2, 0.25) is 10.0 Å². The molecule has 0 aromatic carbocycles. The maximum absolute atomic E-state index is 12.6. The molecule has 0 aromatic heterocycles. The van der Waals surface area contributed by atoms with E-state index in [1.54, 1.807) is 0 Å². The number of sulfonamides is 1. The monoisotopic (exact) mass is 339 g/mol. The summed E-state index contributed by atoms with van der Waals surface area (Å²) in [6.07, 6.45) is 0.275. The number of carbonyl (C=O) groups excluding carboxylic acids is 1. The molecule has 2 aliphatic heterocycles. The van der Waals surface area contributed by atoms with Crippen LogP contribution in [-0.4, -0.2) is 64.1 Å². The van der Waals surface area contributed by atoms with Crippen molar-refractivity contribution >= 4 is 25.8 Å². The Labute approximate surface area is 125 Å². The molecule has 0 radical (unpaired) electrons. The molecule has 7 nitrogen and oxygen atoms in total. The van der Waals surface area contributed by atoms with E-state index in [1.807, 2.05) is 6.92 Å². The lowest BCUT2D eigenvalue weighted by atomic mass is 9.99. The van der Waals surface area contributed by atoms with E-state index >= 15 is 0 Å². The van der Waals surface area contributed by atoms with Crippen LogP contribution in [0.2, 0.25) is 0 Å². The quantitative estimate of drug-likeness (QED) is 0.651. The van der Waals surface area contributed by atoms with E-state index in [-0.39, 0.29) is 43.4 Å². The van der Waals surface area contributed by atoms with Gasteiger partial charge in [-0.05, 0) is 18.8 Å². The van der Waals surface area contributed by atoms with Gasteiger partial charge in [0.25, 0.3) is 0 Å². The van der Waals surface area contributed by atoms with Crippen molar-refractivity contribution in [2.75, 3.05) is 31.7 Å². The Morgan fingerprint density at radius 3 is 2.29 bits per heavy atom. The van der Waals surface area contributed by atoms with Gasteiger partial charge in [0.05, 0.1) is 29.8 Å². The normalized spacial score (nSPS) is 31.1. The van der Waals surface area contributed by atoms with Gasteiger partial charge in [-0.15, -0.1) is 0 Å².